The number of aryl methyl sites for hydroxylation is 1. The van der Waals surface area contributed by atoms with E-state index in [1.807, 2.05) is 11.8 Å². The number of nitrogens with zero attached hydrogens (tertiary/aromatic N) is 2. The van der Waals surface area contributed by atoms with E-state index in [1.165, 1.54) is 32.1 Å². The maximum atomic E-state index is 5.79. The van der Waals surface area contributed by atoms with Gasteiger partial charge in [-0.2, -0.15) is 4.57 Å². The van der Waals surface area contributed by atoms with Crippen LogP contribution in [0.3, 0.4) is 0 Å². The Labute approximate surface area is 170 Å². The van der Waals surface area contributed by atoms with Crippen LogP contribution in [0.2, 0.25) is 0 Å². The summed E-state index contributed by atoms with van der Waals surface area (Å²) in [6.07, 6.45) is 6.45. The van der Waals surface area contributed by atoms with Crippen LogP contribution in [0, 0.1) is 0 Å². The quantitative estimate of drug-likeness (QED) is 0.603. The van der Waals surface area contributed by atoms with Crippen LogP contribution in [0.5, 0.6) is 0 Å². The summed E-state index contributed by atoms with van der Waals surface area (Å²) >= 11 is 1.84. The van der Waals surface area contributed by atoms with E-state index in [-0.39, 0.29) is 0 Å². The van der Waals surface area contributed by atoms with Crippen molar-refractivity contribution in [3.63, 3.8) is 0 Å². The Morgan fingerprint density at radius 3 is 2.57 bits per heavy atom. The molecule has 4 rings (SSSR count). The Kier molecular flexibility index (Phi) is 5.95. The zero-order valence-electron chi connectivity index (χ0n) is 16.1. The summed E-state index contributed by atoms with van der Waals surface area (Å²) < 4.78 is 2.30. The van der Waals surface area contributed by atoms with Gasteiger partial charge >= 0.3 is 0 Å². The molecule has 0 aliphatic carbocycles. The number of pyridine rings is 1. The van der Waals surface area contributed by atoms with Crippen LogP contribution in [-0.2, 0) is 6.54 Å². The lowest BCUT2D eigenvalue weighted by atomic mass is 10.1. The van der Waals surface area contributed by atoms with Crippen LogP contribution in [0.1, 0.15) is 18.4 Å². The lowest BCUT2D eigenvalue weighted by Gasteiger charge is -2.20. The van der Waals surface area contributed by atoms with Crippen molar-refractivity contribution in [3.05, 3.63) is 71.4 Å². The smallest absolute Gasteiger partial charge is 0.213 e. The number of benzene rings is 2. The number of fused-ring (bicyclic) bond motifs is 2. The maximum absolute atomic E-state index is 5.79. The topological polar surface area (TPSA) is 59.2 Å². The third-order valence-corrected chi connectivity index (χ3v) is 6.18. The van der Waals surface area contributed by atoms with Gasteiger partial charge in [0.25, 0.3) is 0 Å². The molecule has 0 atom stereocenters. The highest BCUT2D eigenvalue weighted by Gasteiger charge is 2.24. The Morgan fingerprint density at radius 1 is 0.929 bits per heavy atom. The molecular weight excluding hydrogens is 364 g/mol. The second-order valence-corrected chi connectivity index (χ2v) is 8.03. The average Bonchev–Trinajstić information content (AvgIpc) is 3.08. The van der Waals surface area contributed by atoms with Gasteiger partial charge in [0, 0.05) is 30.0 Å². The summed E-state index contributed by atoms with van der Waals surface area (Å²) in [7, 11) is 0. The van der Waals surface area contributed by atoms with E-state index >= 15 is 0 Å². The second-order valence-electron chi connectivity index (χ2n) is 6.97. The number of hydrogen-bond acceptors (Lipinski definition) is 4. The molecule has 3 aromatic rings. The minimum Gasteiger partial charge on any atom is -0.335 e. The highest BCUT2D eigenvalue weighted by Crippen LogP contribution is 2.46. The standard InChI is InChI=1S/C23H27N4S/c24-12-5-14-26-16-11-18(19-7-1-2-8-20(19)26)17-23-27(15-6-13-25)21-9-3-4-10-22(21)28-23/h1-4,7-11,16-17H,5-6,12-15,24-25H2/q+1. The SMILES string of the molecule is NCCCN1/C(=C/c2cc[n+](CCCN)c3ccccc23)Sc2ccccc21. The lowest BCUT2D eigenvalue weighted by Crippen LogP contribution is -2.35. The summed E-state index contributed by atoms with van der Waals surface area (Å²) in [4.78, 5) is 3.71. The van der Waals surface area contributed by atoms with E-state index in [4.69, 9.17) is 11.5 Å². The van der Waals surface area contributed by atoms with Gasteiger partial charge in [0.2, 0.25) is 5.52 Å². The van der Waals surface area contributed by atoms with Crippen molar-refractivity contribution >= 4 is 34.4 Å². The number of thioether (sulfide) groups is 1. The van der Waals surface area contributed by atoms with E-state index in [2.05, 4.69) is 76.3 Å². The molecule has 0 spiro atoms. The van der Waals surface area contributed by atoms with Gasteiger partial charge in [-0.15, -0.1) is 0 Å². The minimum absolute atomic E-state index is 0.700. The maximum Gasteiger partial charge on any atom is 0.213 e. The fraction of sp³-hybridized carbons (Fsp3) is 0.261. The molecule has 1 aromatic heterocycles. The van der Waals surface area contributed by atoms with Gasteiger partial charge in [-0.1, -0.05) is 36.0 Å². The molecule has 144 valence electrons. The average molecular weight is 392 g/mol. The monoisotopic (exact) mass is 391 g/mol. The number of aromatic nitrogens is 1. The molecule has 5 heteroatoms. The number of para-hydroxylation sites is 2. The van der Waals surface area contributed by atoms with Crippen molar-refractivity contribution in [1.82, 2.24) is 0 Å². The predicted octanol–water partition coefficient (Wildman–Crippen LogP) is 3.74. The summed E-state index contributed by atoms with van der Waals surface area (Å²) in [6.45, 7) is 3.29. The van der Waals surface area contributed by atoms with Crippen molar-refractivity contribution in [3.8, 4) is 0 Å². The normalized spacial score (nSPS) is 14.8. The molecule has 0 amide bonds. The number of nitrogens with two attached hydrogens (primary N) is 2. The van der Waals surface area contributed by atoms with E-state index in [0.717, 1.165) is 25.9 Å². The highest BCUT2D eigenvalue weighted by molar-refractivity contribution is 8.03. The van der Waals surface area contributed by atoms with Gasteiger partial charge in [0.15, 0.2) is 6.20 Å². The van der Waals surface area contributed by atoms with Crippen molar-refractivity contribution in [2.24, 2.45) is 11.5 Å². The molecule has 0 radical (unpaired) electrons. The van der Waals surface area contributed by atoms with Crippen LogP contribution in [0.15, 0.2) is 70.7 Å². The molecule has 0 unspecified atom stereocenters. The molecule has 1 aliphatic heterocycles. The number of hydrogen-bond donors (Lipinski definition) is 2. The molecule has 28 heavy (non-hydrogen) atoms. The molecule has 0 saturated heterocycles. The Bertz CT molecular complexity index is 999. The fourth-order valence-corrected chi connectivity index (χ4v) is 4.80. The highest BCUT2D eigenvalue weighted by atomic mass is 32.2. The third kappa shape index (κ3) is 3.78. The fourth-order valence-electron chi connectivity index (χ4n) is 3.66. The molecule has 0 fully saturated rings. The summed E-state index contributed by atoms with van der Waals surface area (Å²) in [5.74, 6) is 0. The summed E-state index contributed by atoms with van der Waals surface area (Å²) in [6, 6.07) is 19.4. The number of rotatable bonds is 7. The molecule has 2 aromatic carbocycles. The Balaban J connectivity index is 1.75. The van der Waals surface area contributed by atoms with Crippen molar-refractivity contribution in [2.75, 3.05) is 24.5 Å². The van der Waals surface area contributed by atoms with Crippen molar-refractivity contribution in [1.29, 1.82) is 0 Å². The first-order valence-corrected chi connectivity index (χ1v) is 10.7. The van der Waals surface area contributed by atoms with Gasteiger partial charge < -0.3 is 16.4 Å². The zero-order valence-corrected chi connectivity index (χ0v) is 16.9. The Hall–Kier alpha value is -2.34. The van der Waals surface area contributed by atoms with Crippen molar-refractivity contribution in [2.45, 2.75) is 24.3 Å². The van der Waals surface area contributed by atoms with Crippen LogP contribution < -0.4 is 20.9 Å². The molecular formula is C23H27N4S+. The molecule has 4 N–H and O–H groups in total. The van der Waals surface area contributed by atoms with E-state index in [9.17, 15) is 0 Å². The molecule has 4 nitrogen and oxygen atoms in total. The van der Waals surface area contributed by atoms with Crippen LogP contribution in [0.4, 0.5) is 5.69 Å². The second kappa shape index (κ2) is 8.78. The first-order valence-electron chi connectivity index (χ1n) is 9.89. The summed E-state index contributed by atoms with van der Waals surface area (Å²) in [5.41, 5.74) is 15.3. The van der Waals surface area contributed by atoms with E-state index in [1.54, 1.807) is 0 Å². The van der Waals surface area contributed by atoms with Crippen LogP contribution >= 0.6 is 11.8 Å². The van der Waals surface area contributed by atoms with Crippen molar-refractivity contribution < 1.29 is 4.57 Å². The van der Waals surface area contributed by atoms with Crippen LogP contribution in [-0.4, -0.2) is 19.6 Å². The summed E-state index contributed by atoms with van der Waals surface area (Å²) in [5, 5.41) is 2.53. The van der Waals surface area contributed by atoms with Crippen LogP contribution in [0.25, 0.3) is 17.0 Å². The lowest BCUT2D eigenvalue weighted by molar-refractivity contribution is -0.671. The van der Waals surface area contributed by atoms with Gasteiger partial charge in [-0.05, 0) is 49.3 Å². The Morgan fingerprint density at radius 2 is 1.71 bits per heavy atom. The molecule has 2 heterocycles. The number of anilines is 1. The van der Waals surface area contributed by atoms with E-state index < -0.39 is 0 Å². The first-order chi connectivity index (χ1) is 13.8. The zero-order chi connectivity index (χ0) is 19.3. The first kappa shape index (κ1) is 19.0. The van der Waals surface area contributed by atoms with E-state index in [0.29, 0.717) is 13.1 Å². The minimum atomic E-state index is 0.700. The van der Waals surface area contributed by atoms with Gasteiger partial charge in [0.1, 0.15) is 6.54 Å². The third-order valence-electron chi connectivity index (χ3n) is 5.06. The molecule has 1 aliphatic rings. The molecule has 0 bridgehead atoms. The predicted molar refractivity (Wildman–Crippen MR) is 119 cm³/mol. The van der Waals surface area contributed by atoms with Gasteiger partial charge in [-0.25, -0.2) is 0 Å². The molecule has 0 saturated carbocycles. The van der Waals surface area contributed by atoms with Gasteiger partial charge in [0.05, 0.1) is 16.1 Å². The largest absolute Gasteiger partial charge is 0.335 e. The van der Waals surface area contributed by atoms with Gasteiger partial charge in [-0.3, -0.25) is 0 Å².